The molecule has 0 aliphatic carbocycles. The zero-order chi connectivity index (χ0) is 15.9. The summed E-state index contributed by atoms with van der Waals surface area (Å²) in [6, 6.07) is 18.0. The average molecular weight is 309 g/mol. The van der Waals surface area contributed by atoms with E-state index in [0.717, 1.165) is 24.5 Å². The molecule has 1 aliphatic heterocycles. The summed E-state index contributed by atoms with van der Waals surface area (Å²) < 4.78 is 0. The van der Waals surface area contributed by atoms with Crippen LogP contribution in [-0.4, -0.2) is 25.5 Å². The van der Waals surface area contributed by atoms with Crippen LogP contribution in [0.4, 0.5) is 17.1 Å². The van der Waals surface area contributed by atoms with Gasteiger partial charge in [-0.3, -0.25) is 4.79 Å². The van der Waals surface area contributed by atoms with Crippen LogP contribution >= 0.6 is 0 Å². The molecule has 1 heterocycles. The Kier molecular flexibility index (Phi) is 5.14. The van der Waals surface area contributed by atoms with Crippen molar-refractivity contribution in [1.82, 2.24) is 0 Å². The SMILES string of the molecule is O=C(CCNc1ccc(N2CCCC2)cc1)Nc1ccccc1. The fourth-order valence-electron chi connectivity index (χ4n) is 2.83. The quantitative estimate of drug-likeness (QED) is 0.854. The molecule has 2 aromatic rings. The van der Waals surface area contributed by atoms with Gasteiger partial charge in [-0.25, -0.2) is 0 Å². The van der Waals surface area contributed by atoms with E-state index in [1.807, 2.05) is 30.3 Å². The monoisotopic (exact) mass is 309 g/mol. The van der Waals surface area contributed by atoms with Crippen molar-refractivity contribution < 1.29 is 4.79 Å². The van der Waals surface area contributed by atoms with Gasteiger partial charge in [-0.2, -0.15) is 0 Å². The molecular weight excluding hydrogens is 286 g/mol. The van der Waals surface area contributed by atoms with Crippen molar-refractivity contribution in [3.05, 3.63) is 54.6 Å². The number of carbonyl (C=O) groups is 1. The smallest absolute Gasteiger partial charge is 0.226 e. The lowest BCUT2D eigenvalue weighted by Gasteiger charge is -2.18. The maximum absolute atomic E-state index is 11.9. The minimum Gasteiger partial charge on any atom is -0.385 e. The molecule has 1 amide bonds. The molecule has 4 nitrogen and oxygen atoms in total. The van der Waals surface area contributed by atoms with E-state index in [1.54, 1.807) is 0 Å². The summed E-state index contributed by atoms with van der Waals surface area (Å²) in [6.45, 7) is 2.95. The first kappa shape index (κ1) is 15.4. The number of hydrogen-bond acceptors (Lipinski definition) is 3. The van der Waals surface area contributed by atoms with Gasteiger partial charge in [0.15, 0.2) is 0 Å². The molecule has 0 spiro atoms. The van der Waals surface area contributed by atoms with Gasteiger partial charge in [0.05, 0.1) is 0 Å². The van der Waals surface area contributed by atoms with E-state index in [0.29, 0.717) is 13.0 Å². The molecule has 1 aliphatic rings. The third-order valence-electron chi connectivity index (χ3n) is 4.08. The Morgan fingerprint density at radius 3 is 2.30 bits per heavy atom. The molecule has 1 fully saturated rings. The fraction of sp³-hybridized carbons (Fsp3) is 0.316. The number of rotatable bonds is 6. The maximum atomic E-state index is 11.9. The molecule has 0 saturated carbocycles. The summed E-state index contributed by atoms with van der Waals surface area (Å²) >= 11 is 0. The molecule has 3 rings (SSSR count). The Bertz CT molecular complexity index is 619. The topological polar surface area (TPSA) is 44.4 Å². The van der Waals surface area contributed by atoms with Gasteiger partial charge >= 0.3 is 0 Å². The lowest BCUT2D eigenvalue weighted by molar-refractivity contribution is -0.115. The van der Waals surface area contributed by atoms with Gasteiger partial charge in [-0.15, -0.1) is 0 Å². The average Bonchev–Trinajstić information content (AvgIpc) is 3.11. The lowest BCUT2D eigenvalue weighted by atomic mass is 10.2. The zero-order valence-electron chi connectivity index (χ0n) is 13.3. The Hall–Kier alpha value is -2.49. The van der Waals surface area contributed by atoms with Gasteiger partial charge in [0, 0.05) is 43.1 Å². The number of benzene rings is 2. The second-order valence-corrected chi connectivity index (χ2v) is 5.83. The number of nitrogens with zero attached hydrogens (tertiary/aromatic N) is 1. The van der Waals surface area contributed by atoms with Crippen LogP contribution < -0.4 is 15.5 Å². The van der Waals surface area contributed by atoms with Crippen LogP contribution in [0.25, 0.3) is 0 Å². The van der Waals surface area contributed by atoms with E-state index in [9.17, 15) is 4.79 Å². The molecule has 23 heavy (non-hydrogen) atoms. The van der Waals surface area contributed by atoms with Gasteiger partial charge in [0.2, 0.25) is 5.91 Å². The summed E-state index contributed by atoms with van der Waals surface area (Å²) in [7, 11) is 0. The summed E-state index contributed by atoms with van der Waals surface area (Å²) in [5.74, 6) is 0.0254. The van der Waals surface area contributed by atoms with Crippen molar-refractivity contribution in [2.75, 3.05) is 35.2 Å². The molecule has 4 heteroatoms. The first-order valence-electron chi connectivity index (χ1n) is 8.25. The zero-order valence-corrected chi connectivity index (χ0v) is 13.3. The highest BCUT2D eigenvalue weighted by Gasteiger charge is 2.11. The van der Waals surface area contributed by atoms with E-state index in [1.165, 1.54) is 18.5 Å². The molecule has 0 unspecified atom stereocenters. The van der Waals surface area contributed by atoms with Crippen LogP contribution in [0.2, 0.25) is 0 Å². The van der Waals surface area contributed by atoms with Crippen LogP contribution in [0.1, 0.15) is 19.3 Å². The molecule has 0 bridgehead atoms. The van der Waals surface area contributed by atoms with E-state index < -0.39 is 0 Å². The number of carbonyl (C=O) groups excluding carboxylic acids is 1. The second kappa shape index (κ2) is 7.68. The first-order chi connectivity index (χ1) is 11.3. The standard InChI is InChI=1S/C19H23N3O/c23-19(21-17-6-2-1-3-7-17)12-13-20-16-8-10-18(11-9-16)22-14-4-5-15-22/h1-3,6-11,20H,4-5,12-15H2,(H,21,23). The van der Waals surface area contributed by atoms with E-state index in [-0.39, 0.29) is 5.91 Å². The van der Waals surface area contributed by atoms with Gasteiger partial charge in [0.1, 0.15) is 0 Å². The Morgan fingerprint density at radius 1 is 0.913 bits per heavy atom. The van der Waals surface area contributed by atoms with Gasteiger partial charge in [-0.1, -0.05) is 18.2 Å². The van der Waals surface area contributed by atoms with Crippen molar-refractivity contribution in [2.45, 2.75) is 19.3 Å². The van der Waals surface area contributed by atoms with Gasteiger partial charge < -0.3 is 15.5 Å². The van der Waals surface area contributed by atoms with Crippen LogP contribution in [0, 0.1) is 0 Å². The predicted octanol–water partition coefficient (Wildman–Crippen LogP) is 3.73. The van der Waals surface area contributed by atoms with Crippen LogP contribution in [0.5, 0.6) is 0 Å². The molecule has 0 atom stereocenters. The minimum atomic E-state index is 0.0254. The van der Waals surface area contributed by atoms with Crippen molar-refractivity contribution in [1.29, 1.82) is 0 Å². The summed E-state index contributed by atoms with van der Waals surface area (Å²) in [5, 5.41) is 6.19. The van der Waals surface area contributed by atoms with Crippen LogP contribution in [0.3, 0.4) is 0 Å². The van der Waals surface area contributed by atoms with Gasteiger partial charge in [0.25, 0.3) is 0 Å². The third-order valence-corrected chi connectivity index (χ3v) is 4.08. The summed E-state index contributed by atoms with van der Waals surface area (Å²) in [4.78, 5) is 14.3. The molecule has 2 N–H and O–H groups in total. The molecule has 0 aromatic heterocycles. The van der Waals surface area contributed by atoms with E-state index >= 15 is 0 Å². The highest BCUT2D eigenvalue weighted by molar-refractivity contribution is 5.90. The van der Waals surface area contributed by atoms with Crippen molar-refractivity contribution in [2.24, 2.45) is 0 Å². The van der Waals surface area contributed by atoms with Gasteiger partial charge in [-0.05, 0) is 49.2 Å². The molecule has 0 radical (unpaired) electrons. The first-order valence-corrected chi connectivity index (χ1v) is 8.25. The second-order valence-electron chi connectivity index (χ2n) is 5.83. The van der Waals surface area contributed by atoms with Crippen LogP contribution in [-0.2, 0) is 4.79 Å². The summed E-state index contributed by atoms with van der Waals surface area (Å²) in [5.41, 5.74) is 3.18. The Labute approximate surface area is 137 Å². The summed E-state index contributed by atoms with van der Waals surface area (Å²) in [6.07, 6.45) is 3.02. The number of amides is 1. The lowest BCUT2D eigenvalue weighted by Crippen LogP contribution is -2.17. The minimum absolute atomic E-state index is 0.0254. The number of para-hydroxylation sites is 1. The number of nitrogens with one attached hydrogen (secondary N) is 2. The Morgan fingerprint density at radius 2 is 1.61 bits per heavy atom. The van der Waals surface area contributed by atoms with Crippen molar-refractivity contribution >= 4 is 23.0 Å². The highest BCUT2D eigenvalue weighted by Crippen LogP contribution is 2.21. The molecule has 2 aromatic carbocycles. The maximum Gasteiger partial charge on any atom is 0.226 e. The number of anilines is 3. The van der Waals surface area contributed by atoms with E-state index in [4.69, 9.17) is 0 Å². The Balaban J connectivity index is 1.42. The van der Waals surface area contributed by atoms with Crippen LogP contribution in [0.15, 0.2) is 54.6 Å². The fourth-order valence-corrected chi connectivity index (χ4v) is 2.83. The molecular formula is C19H23N3O. The highest BCUT2D eigenvalue weighted by atomic mass is 16.1. The number of hydrogen-bond donors (Lipinski definition) is 2. The normalized spacial score (nSPS) is 13.8. The predicted molar refractivity (Wildman–Crippen MR) is 96.1 cm³/mol. The molecule has 120 valence electrons. The third kappa shape index (κ3) is 4.49. The van der Waals surface area contributed by atoms with Crippen molar-refractivity contribution in [3.63, 3.8) is 0 Å². The van der Waals surface area contributed by atoms with Crippen molar-refractivity contribution in [3.8, 4) is 0 Å². The largest absolute Gasteiger partial charge is 0.385 e. The molecule has 1 saturated heterocycles. The van der Waals surface area contributed by atoms with E-state index in [2.05, 4.69) is 39.8 Å².